The van der Waals surface area contributed by atoms with E-state index in [1.165, 1.54) is 0 Å². The van der Waals surface area contributed by atoms with Crippen LogP contribution in [0.5, 0.6) is 5.75 Å². The fraction of sp³-hybridized carbons (Fsp3) is 0.462. The highest BCUT2D eigenvalue weighted by Gasteiger charge is 2.24. The molecule has 0 aliphatic rings. The quantitative estimate of drug-likeness (QED) is 0.344. The van der Waals surface area contributed by atoms with Crippen molar-refractivity contribution in [3.63, 3.8) is 0 Å². The van der Waals surface area contributed by atoms with Gasteiger partial charge in [0.2, 0.25) is 0 Å². The van der Waals surface area contributed by atoms with Crippen LogP contribution >= 0.6 is 7.60 Å². The summed E-state index contributed by atoms with van der Waals surface area (Å²) >= 11 is 0. The molecule has 0 bridgehead atoms. The fourth-order valence-corrected chi connectivity index (χ4v) is 2.85. The topological polar surface area (TPSA) is 77.4 Å². The van der Waals surface area contributed by atoms with E-state index in [9.17, 15) is 4.57 Å². The van der Waals surface area contributed by atoms with E-state index in [0.717, 1.165) is 0 Å². The summed E-state index contributed by atoms with van der Waals surface area (Å²) in [5.74, 6) is 0.505. The molecule has 1 N–H and O–H groups in total. The van der Waals surface area contributed by atoms with E-state index in [-0.39, 0.29) is 19.6 Å². The minimum absolute atomic E-state index is 0.159. The van der Waals surface area contributed by atoms with Gasteiger partial charge in [0, 0.05) is 5.56 Å². The van der Waals surface area contributed by atoms with Gasteiger partial charge >= 0.3 is 7.60 Å². The van der Waals surface area contributed by atoms with E-state index in [0.29, 0.717) is 17.0 Å². The van der Waals surface area contributed by atoms with E-state index in [1.807, 2.05) is 0 Å². The summed E-state index contributed by atoms with van der Waals surface area (Å²) in [6.07, 6.45) is -0.159. The molecule has 0 aliphatic carbocycles. The molecule has 0 saturated carbocycles. The molecular weight excluding hydrogens is 281 g/mol. The number of nitrogens with zero attached hydrogens (tertiary/aromatic N) is 1. The van der Waals surface area contributed by atoms with Gasteiger partial charge in [-0.25, -0.2) is 0 Å². The van der Waals surface area contributed by atoms with Gasteiger partial charge in [0.15, 0.2) is 6.35 Å². The molecule has 0 amide bonds. The van der Waals surface area contributed by atoms with Gasteiger partial charge in [-0.2, -0.15) is 0 Å². The van der Waals surface area contributed by atoms with Crippen LogP contribution in [-0.2, 0) is 13.6 Å². The zero-order valence-corrected chi connectivity index (χ0v) is 12.8. The van der Waals surface area contributed by atoms with E-state index in [1.54, 1.807) is 45.0 Å². The minimum Gasteiger partial charge on any atom is -0.481 e. The minimum atomic E-state index is -3.23. The summed E-state index contributed by atoms with van der Waals surface area (Å²) in [5, 5.41) is 11.9. The van der Waals surface area contributed by atoms with Crippen molar-refractivity contribution in [1.82, 2.24) is 0 Å². The average molecular weight is 301 g/mol. The summed E-state index contributed by atoms with van der Waals surface area (Å²) in [6, 6.07) is 6.95. The van der Waals surface area contributed by atoms with Crippen molar-refractivity contribution in [3.8, 4) is 5.75 Å². The van der Waals surface area contributed by atoms with Gasteiger partial charge in [0.1, 0.15) is 5.75 Å². The number of benzene rings is 1. The van der Waals surface area contributed by atoms with Crippen LogP contribution in [0.2, 0.25) is 0 Å². The van der Waals surface area contributed by atoms with Crippen LogP contribution in [0.15, 0.2) is 29.4 Å². The monoisotopic (exact) mass is 301 g/mol. The lowest BCUT2D eigenvalue weighted by molar-refractivity contribution is 0.197. The summed E-state index contributed by atoms with van der Waals surface area (Å²) in [4.78, 5) is 0. The Labute approximate surface area is 118 Å². The predicted octanol–water partition coefficient (Wildman–Crippen LogP) is 3.49. The van der Waals surface area contributed by atoms with Crippen LogP contribution < -0.4 is 4.74 Å². The summed E-state index contributed by atoms with van der Waals surface area (Å²) in [6.45, 7) is 5.74. The van der Waals surface area contributed by atoms with Gasteiger partial charge in [0.05, 0.1) is 18.9 Å². The molecule has 1 aromatic rings. The number of ether oxygens (including phenoxy) is 1. The largest absolute Gasteiger partial charge is 0.481 e. The Morgan fingerprint density at radius 2 is 1.95 bits per heavy atom. The van der Waals surface area contributed by atoms with Crippen LogP contribution in [0.4, 0.5) is 0 Å². The second-order valence-corrected chi connectivity index (χ2v) is 5.93. The second kappa shape index (κ2) is 8.04. The molecule has 0 unspecified atom stereocenters. The molecule has 0 spiro atoms. The lowest BCUT2D eigenvalue weighted by atomic mass is 10.1. The summed E-state index contributed by atoms with van der Waals surface area (Å²) in [5.41, 5.74) is 1.18. The number of oxime groups is 1. The molecular formula is C13H20NO5P. The van der Waals surface area contributed by atoms with E-state index in [4.69, 9.17) is 19.0 Å². The number of rotatable bonds is 8. The Morgan fingerprint density at radius 3 is 2.50 bits per heavy atom. The van der Waals surface area contributed by atoms with Crippen LogP contribution in [0.1, 0.15) is 26.3 Å². The van der Waals surface area contributed by atoms with E-state index in [2.05, 4.69) is 5.16 Å². The lowest BCUT2D eigenvalue weighted by Gasteiger charge is -2.17. The van der Waals surface area contributed by atoms with Gasteiger partial charge in [0.25, 0.3) is 0 Å². The highest BCUT2D eigenvalue weighted by Crippen LogP contribution is 2.47. The smallest absolute Gasteiger partial charge is 0.367 e. The van der Waals surface area contributed by atoms with Crippen molar-refractivity contribution in [3.05, 3.63) is 29.8 Å². The number of hydrogen-bond donors (Lipinski definition) is 1. The molecule has 0 radical (unpaired) electrons. The van der Waals surface area contributed by atoms with Crippen LogP contribution in [-0.4, -0.2) is 30.5 Å². The van der Waals surface area contributed by atoms with Crippen molar-refractivity contribution in [1.29, 1.82) is 0 Å². The SMILES string of the molecule is CCOP(=O)(COc1cccc(/C(C)=N\O)c1)OCC. The maximum Gasteiger partial charge on any atom is 0.367 e. The average Bonchev–Trinajstić information content (AvgIpc) is 2.45. The van der Waals surface area contributed by atoms with Gasteiger partial charge in [-0.1, -0.05) is 17.3 Å². The Bertz CT molecular complexity index is 493. The molecule has 0 saturated heterocycles. The molecule has 0 aromatic heterocycles. The third-order valence-corrected chi connectivity index (χ3v) is 4.19. The Morgan fingerprint density at radius 1 is 1.30 bits per heavy atom. The van der Waals surface area contributed by atoms with Gasteiger partial charge in [-0.15, -0.1) is 0 Å². The van der Waals surface area contributed by atoms with Crippen LogP contribution in [0.3, 0.4) is 0 Å². The Kier molecular flexibility index (Phi) is 6.71. The van der Waals surface area contributed by atoms with Crippen LogP contribution in [0.25, 0.3) is 0 Å². The molecule has 6 nitrogen and oxygen atoms in total. The number of hydrogen-bond acceptors (Lipinski definition) is 6. The molecule has 112 valence electrons. The maximum atomic E-state index is 12.2. The third kappa shape index (κ3) is 4.96. The zero-order chi connectivity index (χ0) is 15.0. The lowest BCUT2D eigenvalue weighted by Crippen LogP contribution is -2.06. The fourth-order valence-electron chi connectivity index (χ4n) is 1.53. The maximum absolute atomic E-state index is 12.2. The molecule has 0 aliphatic heterocycles. The molecule has 20 heavy (non-hydrogen) atoms. The summed E-state index contributed by atoms with van der Waals surface area (Å²) in [7, 11) is -3.23. The summed E-state index contributed by atoms with van der Waals surface area (Å²) < 4.78 is 28.0. The van der Waals surface area contributed by atoms with Gasteiger partial charge < -0.3 is 19.0 Å². The van der Waals surface area contributed by atoms with E-state index >= 15 is 0 Å². The first-order valence-corrected chi connectivity index (χ1v) is 8.07. The van der Waals surface area contributed by atoms with Crippen molar-refractivity contribution in [2.24, 2.45) is 5.16 Å². The van der Waals surface area contributed by atoms with Crippen molar-refractivity contribution in [2.45, 2.75) is 20.8 Å². The first-order chi connectivity index (χ1) is 9.54. The van der Waals surface area contributed by atoms with E-state index < -0.39 is 7.60 Å². The molecule has 0 heterocycles. The zero-order valence-electron chi connectivity index (χ0n) is 11.9. The second-order valence-electron chi connectivity index (χ2n) is 3.93. The van der Waals surface area contributed by atoms with Crippen molar-refractivity contribution in [2.75, 3.05) is 19.6 Å². The van der Waals surface area contributed by atoms with Crippen LogP contribution in [0, 0.1) is 0 Å². The third-order valence-electron chi connectivity index (χ3n) is 2.44. The first kappa shape index (κ1) is 16.7. The molecule has 1 rings (SSSR count). The van der Waals surface area contributed by atoms with Gasteiger partial charge in [-0.3, -0.25) is 4.57 Å². The Balaban J connectivity index is 2.76. The molecule has 0 fully saturated rings. The van der Waals surface area contributed by atoms with Gasteiger partial charge in [-0.05, 0) is 32.9 Å². The molecule has 7 heteroatoms. The van der Waals surface area contributed by atoms with Crippen molar-refractivity contribution < 1.29 is 23.6 Å². The highest BCUT2D eigenvalue weighted by atomic mass is 31.2. The molecule has 0 atom stereocenters. The highest BCUT2D eigenvalue weighted by molar-refractivity contribution is 7.53. The normalized spacial score (nSPS) is 12.4. The predicted molar refractivity (Wildman–Crippen MR) is 76.8 cm³/mol. The molecule has 1 aromatic carbocycles. The standard InChI is InChI=1S/C13H20NO5P/c1-4-18-20(16,19-5-2)10-17-13-8-6-7-12(9-13)11(3)14-15/h6-9,15H,4-5,10H2,1-3H3/b14-11-. The first-order valence-electron chi connectivity index (χ1n) is 6.34. The van der Waals surface area contributed by atoms with Crippen molar-refractivity contribution >= 4 is 13.3 Å². The Hall–Kier alpha value is -1.36.